The van der Waals surface area contributed by atoms with Gasteiger partial charge in [-0.25, -0.2) is 0 Å². The van der Waals surface area contributed by atoms with E-state index in [9.17, 15) is 4.79 Å². The van der Waals surface area contributed by atoms with Gasteiger partial charge in [0.1, 0.15) is 11.5 Å². The Hall–Kier alpha value is -2.00. The first-order chi connectivity index (χ1) is 11.1. The van der Waals surface area contributed by atoms with E-state index in [1.165, 1.54) is 0 Å². The second kappa shape index (κ2) is 6.63. The molecule has 4 heteroatoms. The van der Waals surface area contributed by atoms with Crippen LogP contribution in [0.2, 0.25) is 5.02 Å². The molecule has 1 unspecified atom stereocenters. The summed E-state index contributed by atoms with van der Waals surface area (Å²) in [5.41, 5.74) is 2.45. The van der Waals surface area contributed by atoms with Crippen LogP contribution in [0.5, 0.6) is 5.75 Å². The molecule has 3 rings (SSSR count). The molecule has 0 amide bonds. The molecule has 0 aromatic heterocycles. The van der Waals surface area contributed by atoms with Crippen molar-refractivity contribution in [2.75, 3.05) is 14.2 Å². The van der Waals surface area contributed by atoms with Crippen molar-refractivity contribution in [1.82, 2.24) is 0 Å². The number of carbonyl (C=O) groups is 1. The highest BCUT2D eigenvalue weighted by Gasteiger charge is 2.31. The maximum Gasteiger partial charge on any atom is 0.185 e. The van der Waals surface area contributed by atoms with Gasteiger partial charge in [0.15, 0.2) is 5.78 Å². The first kappa shape index (κ1) is 15.9. The van der Waals surface area contributed by atoms with Crippen LogP contribution < -0.4 is 4.74 Å². The van der Waals surface area contributed by atoms with Crippen LogP contribution in [-0.2, 0) is 9.53 Å². The lowest BCUT2D eigenvalue weighted by atomic mass is 9.76. The molecule has 120 valence electrons. The van der Waals surface area contributed by atoms with Gasteiger partial charge in [-0.05, 0) is 55.0 Å². The van der Waals surface area contributed by atoms with Crippen molar-refractivity contribution in [2.24, 2.45) is 5.92 Å². The molecule has 1 saturated carbocycles. The number of halogens is 1. The summed E-state index contributed by atoms with van der Waals surface area (Å²) in [5.74, 6) is 1.79. The molecule has 1 aromatic rings. The van der Waals surface area contributed by atoms with E-state index in [4.69, 9.17) is 21.1 Å². The predicted molar refractivity (Wildman–Crippen MR) is 91.5 cm³/mol. The Bertz CT molecular complexity index is 728. The molecule has 3 nitrogen and oxygen atoms in total. The number of Topliss-reactive ketones (excluding diaryl/α,β-unsaturated/α-hetero) is 1. The Morgan fingerprint density at radius 3 is 2.83 bits per heavy atom. The maximum absolute atomic E-state index is 12.8. The van der Waals surface area contributed by atoms with Crippen molar-refractivity contribution < 1.29 is 14.3 Å². The van der Waals surface area contributed by atoms with Crippen LogP contribution in [0.4, 0.5) is 0 Å². The van der Waals surface area contributed by atoms with E-state index < -0.39 is 0 Å². The topological polar surface area (TPSA) is 35.5 Å². The zero-order valence-electron chi connectivity index (χ0n) is 13.3. The molecular formula is C19H19ClO3. The summed E-state index contributed by atoms with van der Waals surface area (Å²) < 4.78 is 10.5. The van der Waals surface area contributed by atoms with Gasteiger partial charge in [-0.3, -0.25) is 4.79 Å². The zero-order valence-corrected chi connectivity index (χ0v) is 14.0. The quantitative estimate of drug-likeness (QED) is 0.761. The summed E-state index contributed by atoms with van der Waals surface area (Å²) >= 11 is 6.33. The molecule has 23 heavy (non-hydrogen) atoms. The molecule has 1 fully saturated rings. The summed E-state index contributed by atoms with van der Waals surface area (Å²) in [7, 11) is 3.21. The first-order valence-electron chi connectivity index (χ1n) is 7.67. The second-order valence-corrected chi connectivity index (χ2v) is 6.12. The summed E-state index contributed by atoms with van der Waals surface area (Å²) in [6.07, 6.45) is 8.41. The molecule has 0 heterocycles. The van der Waals surface area contributed by atoms with Crippen molar-refractivity contribution in [3.05, 3.63) is 57.8 Å². The number of allylic oxidation sites excluding steroid dienone is 4. The fraction of sp³-hybridized carbons (Fsp3) is 0.316. The van der Waals surface area contributed by atoms with Crippen LogP contribution in [0.1, 0.15) is 24.8 Å². The second-order valence-electron chi connectivity index (χ2n) is 5.74. The zero-order chi connectivity index (χ0) is 16.4. The fourth-order valence-electron chi connectivity index (χ4n) is 3.13. The monoisotopic (exact) mass is 330 g/mol. The van der Waals surface area contributed by atoms with Gasteiger partial charge in [0, 0.05) is 11.1 Å². The average molecular weight is 331 g/mol. The Balaban J connectivity index is 1.94. The molecular weight excluding hydrogens is 312 g/mol. The van der Waals surface area contributed by atoms with Gasteiger partial charge in [-0.15, -0.1) is 0 Å². The van der Waals surface area contributed by atoms with Crippen molar-refractivity contribution in [1.29, 1.82) is 0 Å². The Morgan fingerprint density at radius 2 is 2.09 bits per heavy atom. The van der Waals surface area contributed by atoms with Gasteiger partial charge in [-0.2, -0.15) is 0 Å². The Morgan fingerprint density at radius 1 is 1.26 bits per heavy atom. The van der Waals surface area contributed by atoms with Crippen LogP contribution >= 0.6 is 11.6 Å². The van der Waals surface area contributed by atoms with Crippen molar-refractivity contribution in [3.8, 4) is 5.75 Å². The SMILES string of the molecule is COC1=CCC2CCC(=Cc3cccc(OC)c3Cl)C(=O)C2=C1. The summed E-state index contributed by atoms with van der Waals surface area (Å²) in [6.45, 7) is 0. The van der Waals surface area contributed by atoms with Crippen LogP contribution in [-0.4, -0.2) is 20.0 Å². The summed E-state index contributed by atoms with van der Waals surface area (Å²) in [5, 5.41) is 0.535. The fourth-order valence-corrected chi connectivity index (χ4v) is 3.39. The maximum atomic E-state index is 12.8. The summed E-state index contributed by atoms with van der Waals surface area (Å²) in [6, 6.07) is 5.58. The van der Waals surface area contributed by atoms with Crippen molar-refractivity contribution in [2.45, 2.75) is 19.3 Å². The van der Waals surface area contributed by atoms with Gasteiger partial charge in [0.2, 0.25) is 0 Å². The number of ketones is 1. The first-order valence-corrected chi connectivity index (χ1v) is 8.05. The van der Waals surface area contributed by atoms with E-state index >= 15 is 0 Å². The van der Waals surface area contributed by atoms with Crippen LogP contribution in [0, 0.1) is 5.92 Å². The molecule has 2 aliphatic carbocycles. The molecule has 0 bridgehead atoms. The van der Waals surface area contributed by atoms with E-state index in [1.807, 2.05) is 30.4 Å². The Kier molecular flexibility index (Phi) is 4.58. The average Bonchev–Trinajstić information content (AvgIpc) is 2.58. The molecule has 1 aromatic carbocycles. The molecule has 0 aliphatic heterocycles. The standard InChI is InChI=1S/C19H19ClO3/c1-22-15-9-8-12-6-7-14(19(21)16(12)11-15)10-13-4-3-5-17(23-2)18(13)20/h3-5,9-12H,6-8H2,1-2H3. The van der Waals surface area contributed by atoms with E-state index in [2.05, 4.69) is 6.08 Å². The molecule has 0 N–H and O–H groups in total. The van der Waals surface area contributed by atoms with Crippen LogP contribution in [0.25, 0.3) is 6.08 Å². The molecule has 2 aliphatic rings. The Labute approximate surface area is 141 Å². The van der Waals surface area contributed by atoms with Gasteiger partial charge in [-0.1, -0.05) is 23.7 Å². The number of hydrogen-bond acceptors (Lipinski definition) is 3. The predicted octanol–water partition coefficient (Wildman–Crippen LogP) is 4.57. The third kappa shape index (κ3) is 3.06. The number of methoxy groups -OCH3 is 2. The van der Waals surface area contributed by atoms with Crippen LogP contribution in [0.15, 0.2) is 47.3 Å². The van der Waals surface area contributed by atoms with E-state index in [0.717, 1.165) is 41.7 Å². The van der Waals surface area contributed by atoms with Crippen molar-refractivity contribution >= 4 is 23.5 Å². The number of benzene rings is 1. The van der Waals surface area contributed by atoms with Gasteiger partial charge in [0.05, 0.1) is 19.2 Å². The van der Waals surface area contributed by atoms with E-state index in [-0.39, 0.29) is 5.78 Å². The van der Waals surface area contributed by atoms with E-state index in [0.29, 0.717) is 16.7 Å². The van der Waals surface area contributed by atoms with Crippen LogP contribution in [0.3, 0.4) is 0 Å². The summed E-state index contributed by atoms with van der Waals surface area (Å²) in [4.78, 5) is 12.8. The van der Waals surface area contributed by atoms with Gasteiger partial charge in [0.25, 0.3) is 0 Å². The smallest absolute Gasteiger partial charge is 0.185 e. The molecule has 0 spiro atoms. The minimum atomic E-state index is 0.0998. The minimum absolute atomic E-state index is 0.0998. The minimum Gasteiger partial charge on any atom is -0.497 e. The highest BCUT2D eigenvalue weighted by atomic mass is 35.5. The largest absolute Gasteiger partial charge is 0.497 e. The molecule has 1 atom stereocenters. The third-order valence-corrected chi connectivity index (χ3v) is 4.84. The molecule has 0 radical (unpaired) electrons. The molecule has 0 saturated heterocycles. The lowest BCUT2D eigenvalue weighted by Crippen LogP contribution is -2.23. The number of fused-ring (bicyclic) bond motifs is 1. The highest BCUT2D eigenvalue weighted by Crippen LogP contribution is 2.38. The number of carbonyl (C=O) groups excluding carboxylic acids is 1. The highest BCUT2D eigenvalue weighted by molar-refractivity contribution is 6.33. The third-order valence-electron chi connectivity index (χ3n) is 4.44. The number of hydrogen-bond donors (Lipinski definition) is 0. The van der Waals surface area contributed by atoms with Gasteiger partial charge < -0.3 is 9.47 Å². The number of rotatable bonds is 3. The lowest BCUT2D eigenvalue weighted by Gasteiger charge is -2.28. The lowest BCUT2D eigenvalue weighted by molar-refractivity contribution is -0.113. The van der Waals surface area contributed by atoms with E-state index in [1.54, 1.807) is 14.2 Å². The van der Waals surface area contributed by atoms with Gasteiger partial charge >= 0.3 is 0 Å². The van der Waals surface area contributed by atoms with Crippen molar-refractivity contribution in [3.63, 3.8) is 0 Å². The number of ether oxygens (including phenoxy) is 2. The normalized spacial score (nSPS) is 22.3.